The van der Waals surface area contributed by atoms with Crippen LogP contribution in [0.3, 0.4) is 0 Å². The SMILES string of the molecule is COc1cc(F)c(F)cc1-c1ccc2c(c1COc1cccc(F)c1)C(C)=CC(C)(C)N2. The van der Waals surface area contributed by atoms with E-state index in [4.69, 9.17) is 9.47 Å². The van der Waals surface area contributed by atoms with Gasteiger partial charge in [0.1, 0.15) is 23.9 Å². The number of hydrogen-bond donors (Lipinski definition) is 1. The zero-order valence-corrected chi connectivity index (χ0v) is 18.4. The molecule has 1 aliphatic rings. The Morgan fingerprint density at radius 1 is 0.938 bits per heavy atom. The lowest BCUT2D eigenvalue weighted by molar-refractivity contribution is 0.304. The Morgan fingerprint density at radius 3 is 2.41 bits per heavy atom. The summed E-state index contributed by atoms with van der Waals surface area (Å²) in [6.07, 6.45) is 2.10. The van der Waals surface area contributed by atoms with E-state index < -0.39 is 17.5 Å². The number of rotatable bonds is 5. The smallest absolute Gasteiger partial charge is 0.162 e. The molecule has 0 radical (unpaired) electrons. The Bertz CT molecular complexity index is 1220. The van der Waals surface area contributed by atoms with Crippen molar-refractivity contribution in [2.75, 3.05) is 12.4 Å². The number of allylic oxidation sites excluding steroid dienone is 1. The molecule has 0 spiro atoms. The molecule has 6 heteroatoms. The van der Waals surface area contributed by atoms with Gasteiger partial charge < -0.3 is 14.8 Å². The van der Waals surface area contributed by atoms with Crippen molar-refractivity contribution in [1.82, 2.24) is 0 Å². The maximum absolute atomic E-state index is 14.2. The molecular weight excluding hydrogens is 415 g/mol. The summed E-state index contributed by atoms with van der Waals surface area (Å²) in [4.78, 5) is 0. The van der Waals surface area contributed by atoms with E-state index in [9.17, 15) is 13.2 Å². The Hall–Kier alpha value is -3.41. The van der Waals surface area contributed by atoms with Crippen LogP contribution in [-0.2, 0) is 6.61 Å². The third kappa shape index (κ3) is 4.17. The van der Waals surface area contributed by atoms with Crippen molar-refractivity contribution in [3.8, 4) is 22.6 Å². The van der Waals surface area contributed by atoms with Crippen molar-refractivity contribution in [2.45, 2.75) is 32.9 Å². The quantitative estimate of drug-likeness (QED) is 0.466. The normalized spacial score (nSPS) is 14.3. The maximum atomic E-state index is 14.2. The molecule has 0 saturated carbocycles. The van der Waals surface area contributed by atoms with Crippen LogP contribution in [-0.4, -0.2) is 12.6 Å². The molecule has 3 aromatic carbocycles. The topological polar surface area (TPSA) is 30.5 Å². The minimum Gasteiger partial charge on any atom is -0.496 e. The zero-order valence-electron chi connectivity index (χ0n) is 18.4. The van der Waals surface area contributed by atoms with E-state index in [0.717, 1.165) is 34.5 Å². The van der Waals surface area contributed by atoms with Crippen molar-refractivity contribution >= 4 is 11.3 Å². The fraction of sp³-hybridized carbons (Fsp3) is 0.231. The lowest BCUT2D eigenvalue weighted by Crippen LogP contribution is -2.32. The summed E-state index contributed by atoms with van der Waals surface area (Å²) in [6.45, 7) is 6.22. The third-order valence-corrected chi connectivity index (χ3v) is 5.45. The predicted octanol–water partition coefficient (Wildman–Crippen LogP) is 6.97. The van der Waals surface area contributed by atoms with Crippen LogP contribution in [0.15, 0.2) is 54.6 Å². The molecule has 0 aliphatic carbocycles. The number of methoxy groups -OCH3 is 1. The van der Waals surface area contributed by atoms with Gasteiger partial charge in [0.25, 0.3) is 0 Å². The fourth-order valence-corrected chi connectivity index (χ4v) is 4.22. The first-order chi connectivity index (χ1) is 15.2. The Labute approximate surface area is 185 Å². The minimum absolute atomic E-state index is 0.0946. The van der Waals surface area contributed by atoms with Gasteiger partial charge in [0.15, 0.2) is 11.6 Å². The summed E-state index contributed by atoms with van der Waals surface area (Å²) < 4.78 is 53.0. The number of fused-ring (bicyclic) bond motifs is 1. The largest absolute Gasteiger partial charge is 0.496 e. The van der Waals surface area contributed by atoms with Crippen LogP contribution in [0.25, 0.3) is 16.7 Å². The van der Waals surface area contributed by atoms with E-state index in [1.54, 1.807) is 12.1 Å². The van der Waals surface area contributed by atoms with Crippen LogP contribution in [0.4, 0.5) is 18.9 Å². The maximum Gasteiger partial charge on any atom is 0.162 e. The molecule has 0 bridgehead atoms. The second kappa shape index (κ2) is 8.26. The fourth-order valence-electron chi connectivity index (χ4n) is 4.22. The van der Waals surface area contributed by atoms with Gasteiger partial charge in [0, 0.05) is 34.5 Å². The highest BCUT2D eigenvalue weighted by atomic mass is 19.2. The van der Waals surface area contributed by atoms with Gasteiger partial charge in [0.05, 0.1) is 12.6 Å². The highest BCUT2D eigenvalue weighted by Crippen LogP contribution is 2.43. The molecule has 3 nitrogen and oxygen atoms in total. The summed E-state index contributed by atoms with van der Waals surface area (Å²) in [7, 11) is 1.41. The van der Waals surface area contributed by atoms with Crippen LogP contribution >= 0.6 is 0 Å². The van der Waals surface area contributed by atoms with E-state index in [-0.39, 0.29) is 17.9 Å². The van der Waals surface area contributed by atoms with Gasteiger partial charge in [0.2, 0.25) is 0 Å². The van der Waals surface area contributed by atoms with Crippen LogP contribution in [0.2, 0.25) is 0 Å². The molecule has 3 aromatic rings. The first-order valence-corrected chi connectivity index (χ1v) is 10.2. The molecular formula is C26H24F3NO2. The van der Waals surface area contributed by atoms with Gasteiger partial charge in [-0.05, 0) is 56.2 Å². The van der Waals surface area contributed by atoms with Gasteiger partial charge in [-0.15, -0.1) is 0 Å². The molecule has 0 amide bonds. The lowest BCUT2D eigenvalue weighted by Gasteiger charge is -2.33. The minimum atomic E-state index is -0.986. The van der Waals surface area contributed by atoms with Crippen LogP contribution in [0.5, 0.6) is 11.5 Å². The summed E-state index contributed by atoms with van der Waals surface area (Å²) in [5.41, 5.74) is 4.38. The van der Waals surface area contributed by atoms with Crippen molar-refractivity contribution in [2.24, 2.45) is 0 Å². The van der Waals surface area contributed by atoms with Crippen LogP contribution in [0.1, 0.15) is 31.9 Å². The monoisotopic (exact) mass is 439 g/mol. The van der Waals surface area contributed by atoms with Crippen molar-refractivity contribution in [3.63, 3.8) is 0 Å². The average molecular weight is 439 g/mol. The number of halogens is 3. The Kier molecular flexibility index (Phi) is 5.63. The second-order valence-corrected chi connectivity index (χ2v) is 8.40. The van der Waals surface area contributed by atoms with Crippen molar-refractivity contribution in [3.05, 3.63) is 83.2 Å². The van der Waals surface area contributed by atoms with Crippen molar-refractivity contribution in [1.29, 1.82) is 0 Å². The molecule has 32 heavy (non-hydrogen) atoms. The number of ether oxygens (including phenoxy) is 2. The average Bonchev–Trinajstić information content (AvgIpc) is 2.72. The zero-order chi connectivity index (χ0) is 23.0. The van der Waals surface area contributed by atoms with E-state index in [1.807, 2.05) is 19.1 Å². The van der Waals surface area contributed by atoms with Gasteiger partial charge in [-0.3, -0.25) is 0 Å². The molecule has 0 aromatic heterocycles. The highest BCUT2D eigenvalue weighted by Gasteiger charge is 2.27. The molecule has 0 saturated heterocycles. The Balaban J connectivity index is 1.89. The highest BCUT2D eigenvalue weighted by molar-refractivity contribution is 5.88. The van der Waals surface area contributed by atoms with Crippen molar-refractivity contribution < 1.29 is 22.6 Å². The molecule has 1 N–H and O–H groups in total. The van der Waals surface area contributed by atoms with Gasteiger partial charge >= 0.3 is 0 Å². The molecule has 0 atom stereocenters. The summed E-state index contributed by atoms with van der Waals surface area (Å²) in [5.74, 6) is -1.78. The molecule has 0 unspecified atom stereocenters. The van der Waals surface area contributed by atoms with E-state index in [2.05, 4.69) is 25.2 Å². The number of nitrogens with one attached hydrogen (secondary N) is 1. The number of anilines is 1. The van der Waals surface area contributed by atoms with E-state index >= 15 is 0 Å². The van der Waals surface area contributed by atoms with E-state index in [1.165, 1.54) is 19.2 Å². The number of benzene rings is 3. The summed E-state index contributed by atoms with van der Waals surface area (Å²) in [6, 6.07) is 11.8. The predicted molar refractivity (Wildman–Crippen MR) is 120 cm³/mol. The lowest BCUT2D eigenvalue weighted by atomic mass is 9.85. The Morgan fingerprint density at radius 2 is 1.69 bits per heavy atom. The van der Waals surface area contributed by atoms with Gasteiger partial charge in [-0.25, -0.2) is 13.2 Å². The van der Waals surface area contributed by atoms with Gasteiger partial charge in [-0.1, -0.05) is 18.2 Å². The van der Waals surface area contributed by atoms with E-state index in [0.29, 0.717) is 16.9 Å². The van der Waals surface area contributed by atoms with Gasteiger partial charge in [-0.2, -0.15) is 0 Å². The summed E-state index contributed by atoms with van der Waals surface area (Å²) in [5, 5.41) is 3.48. The molecule has 4 rings (SSSR count). The molecule has 166 valence electrons. The molecule has 1 aliphatic heterocycles. The first-order valence-electron chi connectivity index (χ1n) is 10.2. The molecule has 0 fully saturated rings. The molecule has 1 heterocycles. The third-order valence-electron chi connectivity index (χ3n) is 5.45. The van der Waals surface area contributed by atoms with Crippen LogP contribution in [0, 0.1) is 17.5 Å². The van der Waals surface area contributed by atoms with Crippen LogP contribution < -0.4 is 14.8 Å². The second-order valence-electron chi connectivity index (χ2n) is 8.40. The standard InChI is InChI=1S/C26H24F3NO2/c1-15-13-26(2,3)30-23-9-8-18(19-11-21(28)22(29)12-24(19)31-4)20(25(15)23)14-32-17-7-5-6-16(27)10-17/h5-13,30H,14H2,1-4H3. The number of hydrogen-bond acceptors (Lipinski definition) is 3. The first kappa shape index (κ1) is 21.8. The summed E-state index contributed by atoms with van der Waals surface area (Å²) >= 11 is 0.